The Morgan fingerprint density at radius 3 is 2.61 bits per heavy atom. The lowest BCUT2D eigenvalue weighted by Crippen LogP contribution is -2.40. The highest BCUT2D eigenvalue weighted by Gasteiger charge is 2.34. The highest BCUT2D eigenvalue weighted by Crippen LogP contribution is 2.21. The van der Waals surface area contributed by atoms with Gasteiger partial charge in [0, 0.05) is 25.6 Å². The molecular weight excluding hydrogens is 252 g/mol. The predicted molar refractivity (Wildman–Crippen MR) is 70.1 cm³/mol. The number of hydrogen-bond donors (Lipinski definition) is 0. The third-order valence-electron chi connectivity index (χ3n) is 4.23. The van der Waals surface area contributed by atoms with Gasteiger partial charge in [0.25, 0.3) is 0 Å². The zero-order chi connectivity index (χ0) is 13.3. The van der Waals surface area contributed by atoms with Crippen LogP contribution in [0.15, 0.2) is 0 Å². The van der Waals surface area contributed by atoms with Crippen LogP contribution in [0, 0.1) is 0 Å². The van der Waals surface area contributed by atoms with Crippen molar-refractivity contribution in [3.63, 3.8) is 0 Å². The van der Waals surface area contributed by atoms with E-state index in [1.165, 1.54) is 0 Å². The van der Waals surface area contributed by atoms with E-state index in [1.807, 2.05) is 7.05 Å². The van der Waals surface area contributed by atoms with Crippen molar-refractivity contribution in [3.05, 3.63) is 0 Å². The van der Waals surface area contributed by atoms with E-state index < -0.39 is 9.84 Å². The van der Waals surface area contributed by atoms with Gasteiger partial charge in [0.15, 0.2) is 9.84 Å². The molecule has 1 amide bonds. The molecule has 6 heteroatoms. The maximum absolute atomic E-state index is 12.1. The van der Waals surface area contributed by atoms with Crippen LogP contribution >= 0.6 is 0 Å². The van der Waals surface area contributed by atoms with Gasteiger partial charge in [-0.2, -0.15) is 0 Å². The average Bonchev–Trinajstić information content (AvgIpc) is 2.84. The molecule has 0 aliphatic carbocycles. The van der Waals surface area contributed by atoms with Crippen molar-refractivity contribution >= 4 is 15.7 Å². The highest BCUT2D eigenvalue weighted by atomic mass is 32.2. The molecule has 2 fully saturated rings. The predicted octanol–water partition coefficient (Wildman–Crippen LogP) is 0.116. The number of amides is 1. The molecule has 2 heterocycles. The molecule has 0 spiro atoms. The van der Waals surface area contributed by atoms with Gasteiger partial charge in [-0.1, -0.05) is 0 Å². The number of carbonyl (C=O) groups is 1. The Morgan fingerprint density at radius 1 is 1.39 bits per heavy atom. The van der Waals surface area contributed by atoms with E-state index in [-0.39, 0.29) is 23.5 Å². The monoisotopic (exact) mass is 274 g/mol. The molecule has 2 rings (SSSR count). The summed E-state index contributed by atoms with van der Waals surface area (Å²) < 4.78 is 22.8. The molecule has 0 aromatic heterocycles. The topological polar surface area (TPSA) is 57.7 Å². The van der Waals surface area contributed by atoms with Gasteiger partial charge < -0.3 is 9.80 Å². The third-order valence-corrected chi connectivity index (χ3v) is 5.98. The molecule has 2 atom stereocenters. The van der Waals surface area contributed by atoms with E-state index in [4.69, 9.17) is 0 Å². The minimum Gasteiger partial charge on any atom is -0.342 e. The summed E-state index contributed by atoms with van der Waals surface area (Å²) in [6.07, 6.45) is 3.32. The van der Waals surface area contributed by atoms with E-state index in [0.717, 1.165) is 19.4 Å². The number of sulfone groups is 1. The SMILES string of the molecule is CN1CCCC1CC(=O)N(C)C1CCS(=O)(=O)C1. The molecule has 2 saturated heterocycles. The van der Waals surface area contributed by atoms with Gasteiger partial charge >= 0.3 is 0 Å². The van der Waals surface area contributed by atoms with Crippen molar-refractivity contribution in [1.29, 1.82) is 0 Å². The molecule has 0 radical (unpaired) electrons. The fourth-order valence-electron chi connectivity index (χ4n) is 2.87. The Hall–Kier alpha value is -0.620. The number of hydrogen-bond acceptors (Lipinski definition) is 4. The lowest BCUT2D eigenvalue weighted by Gasteiger charge is -2.26. The normalized spacial score (nSPS) is 31.7. The lowest BCUT2D eigenvalue weighted by molar-refractivity contribution is -0.132. The molecule has 2 unspecified atom stereocenters. The van der Waals surface area contributed by atoms with Crippen molar-refractivity contribution in [2.45, 2.75) is 37.8 Å². The van der Waals surface area contributed by atoms with E-state index in [2.05, 4.69) is 4.90 Å². The first-order valence-electron chi connectivity index (χ1n) is 6.55. The Labute approximate surface area is 109 Å². The molecule has 0 bridgehead atoms. The molecule has 2 aliphatic rings. The van der Waals surface area contributed by atoms with Crippen LogP contribution < -0.4 is 0 Å². The minimum atomic E-state index is -2.92. The molecule has 0 aromatic rings. The standard InChI is InChI=1S/C12H22N2O3S/c1-13-6-3-4-10(13)8-12(15)14(2)11-5-7-18(16,17)9-11/h10-11H,3-9H2,1-2H3. The largest absolute Gasteiger partial charge is 0.342 e. The number of carbonyl (C=O) groups excluding carboxylic acids is 1. The molecule has 2 aliphatic heterocycles. The number of nitrogens with zero attached hydrogens (tertiary/aromatic N) is 2. The summed E-state index contributed by atoms with van der Waals surface area (Å²) in [5.41, 5.74) is 0. The zero-order valence-electron chi connectivity index (χ0n) is 11.1. The maximum atomic E-state index is 12.1. The summed E-state index contributed by atoms with van der Waals surface area (Å²) in [5, 5.41) is 0. The summed E-state index contributed by atoms with van der Waals surface area (Å²) >= 11 is 0. The van der Waals surface area contributed by atoms with Crippen LogP contribution in [-0.4, -0.2) is 68.4 Å². The van der Waals surface area contributed by atoms with E-state index in [0.29, 0.717) is 18.9 Å². The quantitative estimate of drug-likeness (QED) is 0.733. The summed E-state index contributed by atoms with van der Waals surface area (Å²) in [5.74, 6) is 0.435. The molecule has 0 saturated carbocycles. The van der Waals surface area contributed by atoms with Gasteiger partial charge in [0.2, 0.25) is 5.91 Å². The van der Waals surface area contributed by atoms with Crippen LogP contribution in [-0.2, 0) is 14.6 Å². The van der Waals surface area contributed by atoms with Crippen molar-refractivity contribution in [1.82, 2.24) is 9.80 Å². The minimum absolute atomic E-state index is 0.0795. The molecule has 0 aromatic carbocycles. The summed E-state index contributed by atoms with van der Waals surface area (Å²) in [6.45, 7) is 1.06. The van der Waals surface area contributed by atoms with Gasteiger partial charge in [-0.05, 0) is 32.9 Å². The van der Waals surface area contributed by atoms with Crippen LogP contribution in [0.3, 0.4) is 0 Å². The first-order valence-corrected chi connectivity index (χ1v) is 8.37. The average molecular weight is 274 g/mol. The van der Waals surface area contributed by atoms with Gasteiger partial charge in [-0.3, -0.25) is 4.79 Å². The number of likely N-dealkylation sites (tertiary alicyclic amines) is 1. The Bertz CT molecular complexity index is 421. The van der Waals surface area contributed by atoms with E-state index >= 15 is 0 Å². The van der Waals surface area contributed by atoms with Crippen LogP contribution in [0.4, 0.5) is 0 Å². The zero-order valence-corrected chi connectivity index (χ0v) is 11.9. The van der Waals surface area contributed by atoms with Crippen molar-refractivity contribution in [3.8, 4) is 0 Å². The number of rotatable bonds is 3. The summed E-state index contributed by atoms with van der Waals surface area (Å²) in [4.78, 5) is 16.0. The van der Waals surface area contributed by atoms with Gasteiger partial charge in [-0.15, -0.1) is 0 Å². The summed E-state index contributed by atoms with van der Waals surface area (Å²) in [7, 11) is 0.869. The Balaban J connectivity index is 1.89. The first-order chi connectivity index (χ1) is 8.39. The van der Waals surface area contributed by atoms with Gasteiger partial charge in [0.1, 0.15) is 0 Å². The summed E-state index contributed by atoms with van der Waals surface area (Å²) in [6, 6.07) is 0.215. The smallest absolute Gasteiger partial charge is 0.224 e. The fourth-order valence-corrected chi connectivity index (χ4v) is 4.64. The molecule has 5 nitrogen and oxygen atoms in total. The maximum Gasteiger partial charge on any atom is 0.224 e. The Kier molecular flexibility index (Phi) is 3.96. The Morgan fingerprint density at radius 2 is 2.11 bits per heavy atom. The van der Waals surface area contributed by atoms with E-state index in [9.17, 15) is 13.2 Å². The van der Waals surface area contributed by atoms with Crippen LogP contribution in [0.2, 0.25) is 0 Å². The molecule has 0 N–H and O–H groups in total. The van der Waals surface area contributed by atoms with Crippen LogP contribution in [0.25, 0.3) is 0 Å². The second-order valence-electron chi connectivity index (χ2n) is 5.54. The fraction of sp³-hybridized carbons (Fsp3) is 0.917. The van der Waals surface area contributed by atoms with Crippen molar-refractivity contribution in [2.75, 3.05) is 32.1 Å². The van der Waals surface area contributed by atoms with Crippen molar-refractivity contribution in [2.24, 2.45) is 0 Å². The van der Waals surface area contributed by atoms with E-state index in [1.54, 1.807) is 11.9 Å². The van der Waals surface area contributed by atoms with Crippen LogP contribution in [0.1, 0.15) is 25.7 Å². The second kappa shape index (κ2) is 5.17. The molecule has 18 heavy (non-hydrogen) atoms. The highest BCUT2D eigenvalue weighted by molar-refractivity contribution is 7.91. The lowest BCUT2D eigenvalue weighted by atomic mass is 10.1. The second-order valence-corrected chi connectivity index (χ2v) is 7.77. The third kappa shape index (κ3) is 3.03. The van der Waals surface area contributed by atoms with Crippen molar-refractivity contribution < 1.29 is 13.2 Å². The first kappa shape index (κ1) is 13.8. The van der Waals surface area contributed by atoms with Gasteiger partial charge in [-0.25, -0.2) is 8.42 Å². The molecular formula is C12H22N2O3S. The van der Waals surface area contributed by atoms with Crippen LogP contribution in [0.5, 0.6) is 0 Å². The van der Waals surface area contributed by atoms with Gasteiger partial charge in [0.05, 0.1) is 11.5 Å². The molecule has 104 valence electrons.